The number of rotatable bonds is 4. The molecule has 0 bridgehead atoms. The number of nitrogens with one attached hydrogen (secondary N) is 1. The van der Waals surface area contributed by atoms with Crippen LogP contribution >= 0.6 is 0 Å². The SMILES string of the molecule is C=CCN1C(=O)NC(=O)C2(Cc3cc([N+](=O)[O-])ccc3N(C)C2c2ccccc2)C1=O. The monoisotopic (exact) mass is 420 g/mol. The van der Waals surface area contributed by atoms with Crippen molar-refractivity contribution in [3.63, 3.8) is 0 Å². The summed E-state index contributed by atoms with van der Waals surface area (Å²) in [6.07, 6.45) is 1.32. The Balaban J connectivity index is 1.96. The number of anilines is 1. The minimum Gasteiger partial charge on any atom is -0.366 e. The van der Waals surface area contributed by atoms with Crippen molar-refractivity contribution in [2.45, 2.75) is 12.5 Å². The zero-order valence-corrected chi connectivity index (χ0v) is 16.8. The first-order valence-corrected chi connectivity index (χ1v) is 9.64. The van der Waals surface area contributed by atoms with Gasteiger partial charge in [0.1, 0.15) is 0 Å². The van der Waals surface area contributed by atoms with Gasteiger partial charge in [0.25, 0.3) is 5.69 Å². The number of carbonyl (C=O) groups is 3. The molecular weight excluding hydrogens is 400 g/mol. The summed E-state index contributed by atoms with van der Waals surface area (Å²) in [5, 5.41) is 13.6. The minimum absolute atomic E-state index is 0.0628. The van der Waals surface area contributed by atoms with Crippen LogP contribution in [0.2, 0.25) is 0 Å². The highest BCUT2D eigenvalue weighted by atomic mass is 16.6. The van der Waals surface area contributed by atoms with Crippen LogP contribution in [0.15, 0.2) is 61.2 Å². The van der Waals surface area contributed by atoms with Crippen LogP contribution in [0.25, 0.3) is 0 Å². The number of nitro groups is 1. The number of non-ortho nitro benzene ring substituents is 1. The third-order valence-corrected chi connectivity index (χ3v) is 5.90. The van der Waals surface area contributed by atoms with E-state index in [0.29, 0.717) is 16.8 Å². The van der Waals surface area contributed by atoms with Crippen molar-refractivity contribution in [2.75, 3.05) is 18.5 Å². The van der Waals surface area contributed by atoms with Crippen molar-refractivity contribution in [3.8, 4) is 0 Å². The van der Waals surface area contributed by atoms with Gasteiger partial charge in [0.2, 0.25) is 11.8 Å². The molecule has 158 valence electrons. The summed E-state index contributed by atoms with van der Waals surface area (Å²) >= 11 is 0. The summed E-state index contributed by atoms with van der Waals surface area (Å²) in [4.78, 5) is 52.9. The second-order valence-corrected chi connectivity index (χ2v) is 7.61. The van der Waals surface area contributed by atoms with E-state index in [2.05, 4.69) is 11.9 Å². The first-order chi connectivity index (χ1) is 14.8. The second-order valence-electron chi connectivity index (χ2n) is 7.61. The first kappa shape index (κ1) is 20.3. The Hall–Kier alpha value is -4.01. The van der Waals surface area contributed by atoms with Crippen LogP contribution in [0.4, 0.5) is 16.2 Å². The van der Waals surface area contributed by atoms with Crippen LogP contribution in [0, 0.1) is 15.5 Å². The van der Waals surface area contributed by atoms with Crippen molar-refractivity contribution >= 4 is 29.2 Å². The fourth-order valence-electron chi connectivity index (χ4n) is 4.58. The number of nitro benzene ring substituents is 1. The van der Waals surface area contributed by atoms with E-state index in [1.165, 1.54) is 18.2 Å². The number of benzene rings is 2. The van der Waals surface area contributed by atoms with Crippen LogP contribution < -0.4 is 10.2 Å². The molecule has 2 unspecified atom stereocenters. The smallest absolute Gasteiger partial charge is 0.331 e. The molecule has 1 fully saturated rings. The largest absolute Gasteiger partial charge is 0.366 e. The highest BCUT2D eigenvalue weighted by Crippen LogP contribution is 2.51. The van der Waals surface area contributed by atoms with E-state index in [9.17, 15) is 24.5 Å². The zero-order valence-electron chi connectivity index (χ0n) is 16.8. The van der Waals surface area contributed by atoms with Gasteiger partial charge in [-0.1, -0.05) is 36.4 Å². The lowest BCUT2D eigenvalue weighted by Crippen LogP contribution is -2.69. The molecule has 9 heteroatoms. The maximum atomic E-state index is 13.7. The summed E-state index contributed by atoms with van der Waals surface area (Å²) in [6.45, 7) is 3.53. The van der Waals surface area contributed by atoms with Crippen molar-refractivity contribution in [2.24, 2.45) is 5.41 Å². The maximum Gasteiger partial charge on any atom is 0.331 e. The van der Waals surface area contributed by atoms with Gasteiger partial charge < -0.3 is 4.90 Å². The van der Waals surface area contributed by atoms with Crippen LogP contribution in [0.1, 0.15) is 17.2 Å². The Morgan fingerprint density at radius 3 is 2.58 bits per heavy atom. The van der Waals surface area contributed by atoms with Crippen LogP contribution in [-0.2, 0) is 16.0 Å². The van der Waals surface area contributed by atoms with Gasteiger partial charge in [-0.05, 0) is 17.2 Å². The van der Waals surface area contributed by atoms with Gasteiger partial charge in [-0.15, -0.1) is 6.58 Å². The third kappa shape index (κ3) is 2.97. The third-order valence-electron chi connectivity index (χ3n) is 5.90. The average Bonchev–Trinajstić information content (AvgIpc) is 2.75. The molecule has 2 aliphatic heterocycles. The van der Waals surface area contributed by atoms with E-state index in [1.54, 1.807) is 30.1 Å². The van der Waals surface area contributed by atoms with Crippen LogP contribution in [0.5, 0.6) is 0 Å². The summed E-state index contributed by atoms with van der Waals surface area (Å²) in [5.41, 5.74) is 0.0570. The Labute approximate surface area is 178 Å². The molecule has 2 aromatic carbocycles. The summed E-state index contributed by atoms with van der Waals surface area (Å²) in [6, 6.07) is 11.9. The molecule has 1 N–H and O–H groups in total. The normalized spacial score (nSPS) is 22.9. The standard InChI is InChI=1S/C22H20N4O5/c1-3-11-25-20(28)22(19(27)23-21(25)29)13-15-12-16(26(30)31)9-10-17(15)24(2)18(22)14-7-5-4-6-8-14/h3-10,12,18H,1,11,13H2,2H3,(H,23,27,29). The molecule has 31 heavy (non-hydrogen) atoms. The molecule has 0 aromatic heterocycles. The Morgan fingerprint density at radius 1 is 1.23 bits per heavy atom. The first-order valence-electron chi connectivity index (χ1n) is 9.64. The number of imide groups is 2. The lowest BCUT2D eigenvalue weighted by atomic mass is 9.66. The average molecular weight is 420 g/mol. The molecule has 4 rings (SSSR count). The molecule has 4 amide bonds. The van der Waals surface area contributed by atoms with Gasteiger partial charge in [0, 0.05) is 37.8 Å². The zero-order chi connectivity index (χ0) is 22.3. The molecule has 2 atom stereocenters. The number of barbiturate groups is 1. The maximum absolute atomic E-state index is 13.7. The summed E-state index contributed by atoms with van der Waals surface area (Å²) in [5.74, 6) is -1.38. The topological polar surface area (TPSA) is 113 Å². The molecule has 2 aliphatic rings. The highest BCUT2D eigenvalue weighted by molar-refractivity contribution is 6.20. The van der Waals surface area contributed by atoms with Gasteiger partial charge >= 0.3 is 6.03 Å². The number of nitrogens with zero attached hydrogens (tertiary/aromatic N) is 3. The minimum atomic E-state index is -1.69. The van der Waals surface area contributed by atoms with E-state index in [4.69, 9.17) is 0 Å². The second kappa shape index (κ2) is 7.35. The summed E-state index contributed by atoms with van der Waals surface area (Å²) in [7, 11) is 1.73. The number of urea groups is 1. The molecule has 2 aromatic rings. The van der Waals surface area contributed by atoms with Gasteiger partial charge in [0.05, 0.1) is 11.0 Å². The van der Waals surface area contributed by atoms with Gasteiger partial charge in [0.15, 0.2) is 5.41 Å². The molecule has 0 radical (unpaired) electrons. The lowest BCUT2D eigenvalue weighted by molar-refractivity contribution is -0.384. The van der Waals surface area contributed by atoms with E-state index in [1.807, 2.05) is 18.2 Å². The number of carbonyl (C=O) groups excluding carboxylic acids is 3. The molecule has 2 heterocycles. The van der Waals surface area contributed by atoms with E-state index in [-0.39, 0.29) is 18.7 Å². The number of amides is 4. The molecule has 1 spiro atoms. The van der Waals surface area contributed by atoms with Gasteiger partial charge in [-0.3, -0.25) is 29.9 Å². The Bertz CT molecular complexity index is 1120. The number of hydrogen-bond donors (Lipinski definition) is 1. The van der Waals surface area contributed by atoms with Crippen LogP contribution in [-0.4, -0.2) is 41.3 Å². The summed E-state index contributed by atoms with van der Waals surface area (Å²) < 4.78 is 0. The van der Waals surface area contributed by atoms with Crippen molar-refractivity contribution < 1.29 is 19.3 Å². The van der Waals surface area contributed by atoms with E-state index >= 15 is 0 Å². The number of fused-ring (bicyclic) bond motifs is 1. The predicted molar refractivity (Wildman–Crippen MR) is 112 cm³/mol. The molecule has 9 nitrogen and oxygen atoms in total. The fourth-order valence-corrected chi connectivity index (χ4v) is 4.58. The fraction of sp³-hybridized carbons (Fsp3) is 0.227. The Morgan fingerprint density at radius 2 is 1.94 bits per heavy atom. The van der Waals surface area contributed by atoms with Gasteiger partial charge in [-0.25, -0.2) is 4.79 Å². The van der Waals surface area contributed by atoms with Crippen molar-refractivity contribution in [3.05, 3.63) is 82.4 Å². The lowest BCUT2D eigenvalue weighted by Gasteiger charge is -2.50. The van der Waals surface area contributed by atoms with Crippen LogP contribution in [0.3, 0.4) is 0 Å². The number of hydrogen-bond acceptors (Lipinski definition) is 6. The van der Waals surface area contributed by atoms with E-state index < -0.39 is 34.2 Å². The van der Waals surface area contributed by atoms with E-state index in [0.717, 1.165) is 4.90 Å². The molecular formula is C22H20N4O5. The molecule has 1 saturated heterocycles. The highest BCUT2D eigenvalue weighted by Gasteiger charge is 2.62. The van der Waals surface area contributed by atoms with Crippen molar-refractivity contribution in [1.29, 1.82) is 0 Å². The van der Waals surface area contributed by atoms with Gasteiger partial charge in [-0.2, -0.15) is 0 Å². The molecule has 0 aliphatic carbocycles. The predicted octanol–water partition coefficient (Wildman–Crippen LogP) is 2.58. The Kier molecular flexibility index (Phi) is 4.81. The molecule has 0 saturated carbocycles. The quantitative estimate of drug-likeness (QED) is 0.352. The van der Waals surface area contributed by atoms with Crippen molar-refractivity contribution in [1.82, 2.24) is 10.2 Å².